The Morgan fingerprint density at radius 2 is 1.68 bits per heavy atom. The van der Waals surface area contributed by atoms with Crippen LogP contribution >= 0.6 is 11.8 Å². The van der Waals surface area contributed by atoms with Crippen LogP contribution in [0.4, 0.5) is 5.69 Å². The van der Waals surface area contributed by atoms with Crippen LogP contribution in [0.2, 0.25) is 0 Å². The second-order valence-electron chi connectivity index (χ2n) is 6.03. The summed E-state index contributed by atoms with van der Waals surface area (Å²) in [6.45, 7) is 2.64. The van der Waals surface area contributed by atoms with Crippen LogP contribution in [-0.4, -0.2) is 53.5 Å². The fraction of sp³-hybridized carbons (Fsp3) is 0.316. The van der Waals surface area contributed by atoms with E-state index in [2.05, 4.69) is 4.90 Å². The van der Waals surface area contributed by atoms with Gasteiger partial charge in [-0.2, -0.15) is 0 Å². The summed E-state index contributed by atoms with van der Waals surface area (Å²) in [5.41, 5.74) is 1.61. The molecule has 1 heterocycles. The van der Waals surface area contributed by atoms with E-state index in [9.17, 15) is 15.0 Å². The number of benzene rings is 2. The Kier molecular flexibility index (Phi) is 5.50. The number of phenols is 1. The molecule has 0 bridgehead atoms. The number of hydrogen-bond acceptors (Lipinski definition) is 5. The summed E-state index contributed by atoms with van der Waals surface area (Å²) >= 11 is 1.64. The Morgan fingerprint density at radius 3 is 2.24 bits per heavy atom. The molecule has 1 fully saturated rings. The van der Waals surface area contributed by atoms with Crippen LogP contribution in [0.25, 0.3) is 0 Å². The van der Waals surface area contributed by atoms with Gasteiger partial charge < -0.3 is 15.1 Å². The first kappa shape index (κ1) is 17.6. The van der Waals surface area contributed by atoms with Crippen LogP contribution in [0.5, 0.6) is 5.75 Å². The standard InChI is InChI=1S/C19H22N2O3S/c1-25-15-8-6-14(7-9-15)18(19(23)24)21-12-10-20(11-13-21)16-4-2-3-5-17(16)22/h2-9,18,22H,10-13H2,1H3,(H,23,24)/t18-/m1/s1. The van der Waals surface area contributed by atoms with E-state index in [1.165, 1.54) is 0 Å². The fourth-order valence-corrected chi connectivity index (χ4v) is 3.66. The van der Waals surface area contributed by atoms with Crippen LogP contribution in [0, 0.1) is 0 Å². The van der Waals surface area contributed by atoms with Gasteiger partial charge in [0.2, 0.25) is 0 Å². The van der Waals surface area contributed by atoms with Crippen molar-refractivity contribution in [2.45, 2.75) is 10.9 Å². The molecule has 0 aromatic heterocycles. The van der Waals surface area contributed by atoms with Crippen molar-refractivity contribution < 1.29 is 15.0 Å². The van der Waals surface area contributed by atoms with Gasteiger partial charge in [0.15, 0.2) is 0 Å². The Hall–Kier alpha value is -2.18. The predicted octanol–water partition coefficient (Wildman–Crippen LogP) is 3.06. The zero-order chi connectivity index (χ0) is 17.8. The van der Waals surface area contributed by atoms with E-state index in [0.29, 0.717) is 26.2 Å². The van der Waals surface area contributed by atoms with E-state index in [1.54, 1.807) is 23.9 Å². The summed E-state index contributed by atoms with van der Waals surface area (Å²) in [7, 11) is 0. The highest BCUT2D eigenvalue weighted by atomic mass is 32.2. The average Bonchev–Trinajstić information content (AvgIpc) is 2.63. The number of piperazine rings is 1. The van der Waals surface area contributed by atoms with E-state index in [0.717, 1.165) is 16.1 Å². The Labute approximate surface area is 151 Å². The molecule has 25 heavy (non-hydrogen) atoms. The smallest absolute Gasteiger partial charge is 0.325 e. The highest BCUT2D eigenvalue weighted by Gasteiger charge is 2.30. The first-order valence-electron chi connectivity index (χ1n) is 8.24. The van der Waals surface area contributed by atoms with Crippen molar-refractivity contribution in [1.29, 1.82) is 0 Å². The molecular weight excluding hydrogens is 336 g/mol. The summed E-state index contributed by atoms with van der Waals surface area (Å²) in [6, 6.07) is 14.4. The van der Waals surface area contributed by atoms with Gasteiger partial charge in [-0.3, -0.25) is 9.69 Å². The average molecular weight is 358 g/mol. The lowest BCUT2D eigenvalue weighted by Gasteiger charge is -2.39. The Balaban J connectivity index is 1.72. The van der Waals surface area contributed by atoms with Crippen LogP contribution in [0.1, 0.15) is 11.6 Å². The second-order valence-corrected chi connectivity index (χ2v) is 6.91. The lowest BCUT2D eigenvalue weighted by Crippen LogP contribution is -2.49. The molecular formula is C19H22N2O3S. The maximum absolute atomic E-state index is 11.9. The number of carbonyl (C=O) groups is 1. The molecule has 1 aliphatic rings. The zero-order valence-corrected chi connectivity index (χ0v) is 14.9. The third kappa shape index (κ3) is 3.91. The lowest BCUT2D eigenvalue weighted by atomic mass is 10.0. The predicted molar refractivity (Wildman–Crippen MR) is 100 cm³/mol. The number of para-hydroxylation sites is 2. The number of aliphatic carboxylic acids is 1. The van der Waals surface area contributed by atoms with Crippen molar-refractivity contribution in [3.63, 3.8) is 0 Å². The summed E-state index contributed by atoms with van der Waals surface area (Å²) < 4.78 is 0. The molecule has 1 atom stereocenters. The van der Waals surface area contributed by atoms with Crippen LogP contribution in [0.15, 0.2) is 53.4 Å². The van der Waals surface area contributed by atoms with Gasteiger partial charge in [-0.1, -0.05) is 24.3 Å². The maximum Gasteiger partial charge on any atom is 0.325 e. The Morgan fingerprint density at radius 1 is 1.04 bits per heavy atom. The van der Waals surface area contributed by atoms with E-state index in [-0.39, 0.29) is 5.75 Å². The molecule has 1 aliphatic heterocycles. The molecule has 2 aromatic carbocycles. The molecule has 0 saturated carbocycles. The van der Waals surface area contributed by atoms with Crippen molar-refractivity contribution >= 4 is 23.4 Å². The van der Waals surface area contributed by atoms with Gasteiger partial charge in [0.05, 0.1) is 5.69 Å². The molecule has 0 spiro atoms. The number of thioether (sulfide) groups is 1. The molecule has 2 N–H and O–H groups in total. The molecule has 2 aromatic rings. The van der Waals surface area contributed by atoms with Crippen molar-refractivity contribution in [3.05, 3.63) is 54.1 Å². The Bertz CT molecular complexity index is 728. The number of anilines is 1. The molecule has 3 rings (SSSR count). The molecule has 6 heteroatoms. The topological polar surface area (TPSA) is 64.0 Å². The highest BCUT2D eigenvalue weighted by Crippen LogP contribution is 2.30. The molecule has 1 saturated heterocycles. The van der Waals surface area contributed by atoms with Gasteiger partial charge in [0, 0.05) is 31.1 Å². The maximum atomic E-state index is 11.9. The van der Waals surface area contributed by atoms with E-state index >= 15 is 0 Å². The number of nitrogens with zero attached hydrogens (tertiary/aromatic N) is 2. The number of hydrogen-bond donors (Lipinski definition) is 2. The summed E-state index contributed by atoms with van der Waals surface area (Å²) in [5, 5.41) is 19.7. The fourth-order valence-electron chi connectivity index (χ4n) is 3.25. The van der Waals surface area contributed by atoms with E-state index < -0.39 is 12.0 Å². The minimum absolute atomic E-state index is 0.262. The quantitative estimate of drug-likeness (QED) is 0.801. The number of aromatic hydroxyl groups is 1. The monoisotopic (exact) mass is 358 g/mol. The van der Waals surface area contributed by atoms with Gasteiger partial charge in [-0.25, -0.2) is 0 Å². The molecule has 0 amide bonds. The number of carboxylic acids is 1. The number of carboxylic acid groups (broad SMARTS) is 1. The van der Waals surface area contributed by atoms with Gasteiger partial charge in [-0.15, -0.1) is 11.8 Å². The van der Waals surface area contributed by atoms with Crippen molar-refractivity contribution in [1.82, 2.24) is 4.90 Å². The van der Waals surface area contributed by atoms with Gasteiger partial charge >= 0.3 is 5.97 Å². The zero-order valence-electron chi connectivity index (χ0n) is 14.1. The first-order valence-corrected chi connectivity index (χ1v) is 9.46. The summed E-state index contributed by atoms with van der Waals surface area (Å²) in [4.78, 5) is 17.1. The van der Waals surface area contributed by atoms with E-state index in [1.807, 2.05) is 47.6 Å². The molecule has 132 valence electrons. The van der Waals surface area contributed by atoms with Gasteiger partial charge in [0.1, 0.15) is 11.8 Å². The number of rotatable bonds is 5. The third-order valence-corrected chi connectivity index (χ3v) is 5.31. The molecule has 0 aliphatic carbocycles. The minimum Gasteiger partial charge on any atom is -0.506 e. The van der Waals surface area contributed by atoms with Gasteiger partial charge in [-0.05, 0) is 36.1 Å². The minimum atomic E-state index is -0.826. The highest BCUT2D eigenvalue weighted by molar-refractivity contribution is 7.98. The normalized spacial score (nSPS) is 16.6. The first-order chi connectivity index (χ1) is 12.1. The third-order valence-electron chi connectivity index (χ3n) is 4.57. The molecule has 0 unspecified atom stereocenters. The summed E-state index contributed by atoms with van der Waals surface area (Å²) in [5.74, 6) is -0.564. The van der Waals surface area contributed by atoms with Gasteiger partial charge in [0.25, 0.3) is 0 Å². The van der Waals surface area contributed by atoms with Crippen molar-refractivity contribution in [2.24, 2.45) is 0 Å². The SMILES string of the molecule is CSc1ccc([C@H](C(=O)O)N2CCN(c3ccccc3O)CC2)cc1. The lowest BCUT2D eigenvalue weighted by molar-refractivity contribution is -0.143. The summed E-state index contributed by atoms with van der Waals surface area (Å²) in [6.07, 6.45) is 2.00. The van der Waals surface area contributed by atoms with Crippen LogP contribution in [-0.2, 0) is 4.79 Å². The van der Waals surface area contributed by atoms with Crippen molar-refractivity contribution in [3.8, 4) is 5.75 Å². The van der Waals surface area contributed by atoms with Crippen LogP contribution in [0.3, 0.4) is 0 Å². The van der Waals surface area contributed by atoms with E-state index in [4.69, 9.17) is 0 Å². The second kappa shape index (κ2) is 7.80. The number of phenolic OH excluding ortho intramolecular Hbond substituents is 1. The largest absolute Gasteiger partial charge is 0.506 e. The van der Waals surface area contributed by atoms with Crippen LogP contribution < -0.4 is 4.90 Å². The molecule has 5 nitrogen and oxygen atoms in total. The molecule has 0 radical (unpaired) electrons. The van der Waals surface area contributed by atoms with Crippen molar-refractivity contribution in [2.75, 3.05) is 37.3 Å².